The summed E-state index contributed by atoms with van der Waals surface area (Å²) in [7, 11) is -1.24. The molecule has 0 unspecified atom stereocenters. The summed E-state index contributed by atoms with van der Waals surface area (Å²) in [5, 5.41) is 0. The SMILES string of the molecule is CC(C)(C)N(CC(=O)OCC[Si](C)(C)C)C(=O)OCCl. The molecule has 0 aliphatic carbocycles. The second-order valence-electron chi connectivity index (χ2n) is 6.81. The van der Waals surface area contributed by atoms with Gasteiger partial charge in [0.25, 0.3) is 0 Å². The normalized spacial score (nSPS) is 11.9. The third kappa shape index (κ3) is 8.42. The van der Waals surface area contributed by atoms with Crippen LogP contribution in [-0.4, -0.2) is 49.8 Å². The first-order valence-electron chi connectivity index (χ1n) is 6.63. The van der Waals surface area contributed by atoms with Crippen LogP contribution in [0.15, 0.2) is 0 Å². The van der Waals surface area contributed by atoms with Crippen molar-refractivity contribution in [3.63, 3.8) is 0 Å². The number of alkyl halides is 1. The van der Waals surface area contributed by atoms with E-state index in [9.17, 15) is 9.59 Å². The molecule has 0 radical (unpaired) electrons. The zero-order valence-electron chi connectivity index (χ0n) is 13.3. The second kappa shape index (κ2) is 7.88. The summed E-state index contributed by atoms with van der Waals surface area (Å²) < 4.78 is 9.93. The van der Waals surface area contributed by atoms with E-state index in [1.807, 2.05) is 20.8 Å². The first kappa shape index (κ1) is 19.2. The molecule has 5 nitrogen and oxygen atoms in total. The van der Waals surface area contributed by atoms with Gasteiger partial charge in [-0.05, 0) is 26.8 Å². The maximum Gasteiger partial charge on any atom is 0.411 e. The van der Waals surface area contributed by atoms with E-state index >= 15 is 0 Å². The van der Waals surface area contributed by atoms with Crippen molar-refractivity contribution >= 4 is 31.7 Å². The van der Waals surface area contributed by atoms with E-state index < -0.39 is 25.7 Å². The van der Waals surface area contributed by atoms with Crippen LogP contribution in [0.2, 0.25) is 25.7 Å². The lowest BCUT2D eigenvalue weighted by Gasteiger charge is -2.33. The summed E-state index contributed by atoms with van der Waals surface area (Å²) in [6.45, 7) is 12.3. The second-order valence-corrected chi connectivity index (χ2v) is 12.6. The molecule has 0 fully saturated rings. The van der Waals surface area contributed by atoms with Crippen LogP contribution >= 0.6 is 11.6 Å². The summed E-state index contributed by atoms with van der Waals surface area (Å²) in [4.78, 5) is 24.9. The van der Waals surface area contributed by atoms with Gasteiger partial charge in [0.2, 0.25) is 0 Å². The Bertz CT molecular complexity index is 336. The number of nitrogens with zero attached hydrogens (tertiary/aromatic N) is 1. The van der Waals surface area contributed by atoms with Crippen molar-refractivity contribution in [1.29, 1.82) is 0 Å². The molecule has 0 aromatic rings. The van der Waals surface area contributed by atoms with E-state index in [4.69, 9.17) is 21.1 Å². The first-order chi connectivity index (χ1) is 8.97. The number of rotatable bonds is 6. The molecule has 0 aromatic carbocycles. The van der Waals surface area contributed by atoms with Crippen molar-refractivity contribution in [3.8, 4) is 0 Å². The Balaban J connectivity index is 4.45. The van der Waals surface area contributed by atoms with E-state index in [-0.39, 0.29) is 12.6 Å². The van der Waals surface area contributed by atoms with Crippen LogP contribution in [0.3, 0.4) is 0 Å². The third-order valence-electron chi connectivity index (χ3n) is 2.61. The zero-order valence-corrected chi connectivity index (χ0v) is 15.0. The molecule has 118 valence electrons. The number of carbonyl (C=O) groups excluding carboxylic acids is 2. The number of hydrogen-bond donors (Lipinski definition) is 0. The van der Waals surface area contributed by atoms with Gasteiger partial charge in [0.15, 0.2) is 6.07 Å². The molecule has 0 N–H and O–H groups in total. The topological polar surface area (TPSA) is 55.8 Å². The summed E-state index contributed by atoms with van der Waals surface area (Å²) in [5.74, 6) is -0.426. The molecule has 0 bridgehead atoms. The van der Waals surface area contributed by atoms with Crippen LogP contribution in [0.25, 0.3) is 0 Å². The molecule has 0 spiro atoms. The van der Waals surface area contributed by atoms with Crippen LogP contribution < -0.4 is 0 Å². The lowest BCUT2D eigenvalue weighted by Crippen LogP contribution is -2.48. The summed E-state index contributed by atoms with van der Waals surface area (Å²) >= 11 is 5.38. The molecule has 0 aliphatic heterocycles. The lowest BCUT2D eigenvalue weighted by molar-refractivity contribution is -0.145. The van der Waals surface area contributed by atoms with Gasteiger partial charge < -0.3 is 9.47 Å². The van der Waals surface area contributed by atoms with Gasteiger partial charge in [-0.3, -0.25) is 9.69 Å². The number of amides is 1. The molecule has 0 rings (SSSR count). The maximum atomic E-state index is 11.8. The Morgan fingerprint density at radius 3 is 2.10 bits per heavy atom. The van der Waals surface area contributed by atoms with Crippen LogP contribution in [-0.2, 0) is 14.3 Å². The van der Waals surface area contributed by atoms with Crippen molar-refractivity contribution in [2.75, 3.05) is 19.2 Å². The lowest BCUT2D eigenvalue weighted by atomic mass is 10.1. The molecule has 0 aromatic heterocycles. The number of carbonyl (C=O) groups is 2. The highest BCUT2D eigenvalue weighted by Gasteiger charge is 2.30. The van der Waals surface area contributed by atoms with E-state index in [2.05, 4.69) is 19.6 Å². The van der Waals surface area contributed by atoms with Gasteiger partial charge in [-0.15, -0.1) is 0 Å². The fraction of sp³-hybridized carbons (Fsp3) is 0.846. The molecule has 20 heavy (non-hydrogen) atoms. The fourth-order valence-corrected chi connectivity index (χ4v) is 2.15. The van der Waals surface area contributed by atoms with Gasteiger partial charge in [-0.2, -0.15) is 0 Å². The summed E-state index contributed by atoms with van der Waals surface area (Å²) in [6, 6.07) is 0.663. The Morgan fingerprint density at radius 1 is 1.15 bits per heavy atom. The van der Waals surface area contributed by atoms with Gasteiger partial charge in [0, 0.05) is 13.6 Å². The van der Waals surface area contributed by atoms with E-state index in [0.29, 0.717) is 6.61 Å². The fourth-order valence-electron chi connectivity index (χ4n) is 1.35. The van der Waals surface area contributed by atoms with E-state index in [1.165, 1.54) is 4.90 Å². The molecular weight excluding hydrogens is 298 g/mol. The molecule has 0 aliphatic rings. The Labute approximate surface area is 127 Å². The van der Waals surface area contributed by atoms with Gasteiger partial charge in [0.1, 0.15) is 6.54 Å². The minimum absolute atomic E-state index is 0.134. The minimum Gasteiger partial charge on any atom is -0.465 e. The van der Waals surface area contributed by atoms with Crippen molar-refractivity contribution in [2.24, 2.45) is 0 Å². The summed E-state index contributed by atoms with van der Waals surface area (Å²) in [5.41, 5.74) is -0.541. The molecule has 7 heteroatoms. The predicted octanol–water partition coefficient (Wildman–Crippen LogP) is 3.30. The number of esters is 1. The van der Waals surface area contributed by atoms with Crippen LogP contribution in [0.4, 0.5) is 4.79 Å². The molecule has 1 amide bonds. The predicted molar refractivity (Wildman–Crippen MR) is 82.8 cm³/mol. The molecule has 0 saturated heterocycles. The van der Waals surface area contributed by atoms with Gasteiger partial charge in [0.05, 0.1) is 6.61 Å². The van der Waals surface area contributed by atoms with Crippen molar-refractivity contribution in [3.05, 3.63) is 0 Å². The van der Waals surface area contributed by atoms with E-state index in [1.54, 1.807) is 0 Å². The smallest absolute Gasteiger partial charge is 0.411 e. The average molecular weight is 324 g/mol. The Morgan fingerprint density at radius 2 is 1.70 bits per heavy atom. The monoisotopic (exact) mass is 323 g/mol. The Hall–Kier alpha value is -0.753. The van der Waals surface area contributed by atoms with Crippen molar-refractivity contribution < 1.29 is 19.1 Å². The van der Waals surface area contributed by atoms with Crippen molar-refractivity contribution in [1.82, 2.24) is 4.90 Å². The highest BCUT2D eigenvalue weighted by atomic mass is 35.5. The molecule has 0 heterocycles. The van der Waals surface area contributed by atoms with Gasteiger partial charge >= 0.3 is 12.1 Å². The zero-order chi connectivity index (χ0) is 16.0. The average Bonchev–Trinajstić information content (AvgIpc) is 2.22. The van der Waals surface area contributed by atoms with Crippen LogP contribution in [0.5, 0.6) is 0 Å². The quantitative estimate of drug-likeness (QED) is 0.427. The van der Waals surface area contributed by atoms with Crippen LogP contribution in [0, 0.1) is 0 Å². The van der Waals surface area contributed by atoms with Crippen molar-refractivity contribution in [2.45, 2.75) is 52.0 Å². The summed E-state index contributed by atoms with van der Waals surface area (Å²) in [6.07, 6.45) is -0.616. The Kier molecular flexibility index (Phi) is 7.58. The van der Waals surface area contributed by atoms with E-state index in [0.717, 1.165) is 6.04 Å². The van der Waals surface area contributed by atoms with Gasteiger partial charge in [-0.25, -0.2) is 4.79 Å². The standard InChI is InChI=1S/C13H26ClNO4Si/c1-13(2,3)15(12(17)19-10-14)9-11(16)18-7-8-20(4,5)6/h7-10H2,1-6H3. The highest BCUT2D eigenvalue weighted by molar-refractivity contribution is 6.76. The number of hydrogen-bond acceptors (Lipinski definition) is 4. The highest BCUT2D eigenvalue weighted by Crippen LogP contribution is 2.15. The van der Waals surface area contributed by atoms with Crippen LogP contribution in [0.1, 0.15) is 20.8 Å². The third-order valence-corrected chi connectivity index (χ3v) is 4.42. The minimum atomic E-state index is -1.24. The largest absolute Gasteiger partial charge is 0.465 e. The number of ether oxygens (including phenoxy) is 2. The molecule has 0 saturated carbocycles. The number of halogens is 1. The molecule has 0 atom stereocenters. The molecular formula is C13H26ClNO4Si. The van der Waals surface area contributed by atoms with Gasteiger partial charge in [-0.1, -0.05) is 31.2 Å². The first-order valence-corrected chi connectivity index (χ1v) is 10.9. The maximum absolute atomic E-state index is 11.8.